The fourth-order valence-corrected chi connectivity index (χ4v) is 2.20. The molecule has 0 saturated heterocycles. The first-order chi connectivity index (χ1) is 8.51. The first kappa shape index (κ1) is 15.3. The number of hydrogen-bond donors (Lipinski definition) is 1. The van der Waals surface area contributed by atoms with E-state index in [1.54, 1.807) is 0 Å². The summed E-state index contributed by atoms with van der Waals surface area (Å²) >= 11 is 6.20. The smallest absolute Gasteiger partial charge is 0.124 e. The molecule has 0 aromatic heterocycles. The van der Waals surface area contributed by atoms with Crippen LogP contribution in [0.25, 0.3) is 0 Å². The first-order valence-electron chi connectivity index (χ1n) is 6.21. The van der Waals surface area contributed by atoms with Gasteiger partial charge in [-0.1, -0.05) is 11.6 Å². The molecule has 0 heterocycles. The summed E-state index contributed by atoms with van der Waals surface area (Å²) in [5.41, 5.74) is 2.04. The van der Waals surface area contributed by atoms with Crippen molar-refractivity contribution in [2.45, 2.75) is 26.3 Å². The quantitative estimate of drug-likeness (QED) is 0.863. The molecule has 0 fully saturated rings. The number of halogens is 1. The molecule has 1 unspecified atom stereocenters. The Hall–Kier alpha value is -0.770. The topological polar surface area (TPSA) is 32.7 Å². The minimum Gasteiger partial charge on any atom is -0.494 e. The minimum atomic E-state index is 0.106. The van der Waals surface area contributed by atoms with E-state index in [1.807, 2.05) is 40.1 Å². The highest BCUT2D eigenvalue weighted by Crippen LogP contribution is 2.34. The van der Waals surface area contributed by atoms with Gasteiger partial charge in [-0.3, -0.25) is 0 Å². The summed E-state index contributed by atoms with van der Waals surface area (Å²) in [5, 5.41) is 9.93. The van der Waals surface area contributed by atoms with Gasteiger partial charge < -0.3 is 14.7 Å². The lowest BCUT2D eigenvalue weighted by molar-refractivity contribution is 0.206. The van der Waals surface area contributed by atoms with Crippen LogP contribution in [0, 0.1) is 6.92 Å². The van der Waals surface area contributed by atoms with E-state index >= 15 is 0 Å². The van der Waals surface area contributed by atoms with Crippen LogP contribution in [0.2, 0.25) is 5.02 Å². The molecule has 0 bridgehead atoms. The van der Waals surface area contributed by atoms with E-state index in [4.69, 9.17) is 16.3 Å². The molecule has 0 amide bonds. The zero-order valence-corrected chi connectivity index (χ0v) is 12.3. The molecule has 1 atom stereocenters. The van der Waals surface area contributed by atoms with Gasteiger partial charge in [-0.15, -0.1) is 0 Å². The predicted molar refractivity (Wildman–Crippen MR) is 75.5 cm³/mol. The fraction of sp³-hybridized carbons (Fsp3) is 0.571. The summed E-state index contributed by atoms with van der Waals surface area (Å²) in [4.78, 5) is 2.07. The number of aryl methyl sites for hydroxylation is 1. The van der Waals surface area contributed by atoms with E-state index in [2.05, 4.69) is 4.90 Å². The number of rotatable bonds is 6. The van der Waals surface area contributed by atoms with E-state index in [1.165, 1.54) is 0 Å². The molecule has 1 aromatic rings. The highest BCUT2D eigenvalue weighted by molar-refractivity contribution is 6.31. The molecule has 0 aliphatic rings. The van der Waals surface area contributed by atoms with E-state index in [-0.39, 0.29) is 12.6 Å². The molecule has 1 N–H and O–H groups in total. The van der Waals surface area contributed by atoms with Crippen molar-refractivity contribution in [3.8, 4) is 5.75 Å². The van der Waals surface area contributed by atoms with Crippen LogP contribution in [-0.2, 0) is 0 Å². The molecule has 0 aliphatic heterocycles. The van der Waals surface area contributed by atoms with Crippen molar-refractivity contribution in [2.75, 3.05) is 27.3 Å². The molecule has 1 aromatic carbocycles. The summed E-state index contributed by atoms with van der Waals surface area (Å²) in [7, 11) is 3.98. The monoisotopic (exact) mass is 271 g/mol. The first-order valence-corrected chi connectivity index (χ1v) is 6.59. The van der Waals surface area contributed by atoms with Gasteiger partial charge in [-0.2, -0.15) is 0 Å². The molecular weight excluding hydrogens is 250 g/mol. The van der Waals surface area contributed by atoms with Crippen LogP contribution in [-0.4, -0.2) is 37.3 Å². The molecule has 1 rings (SSSR count). The largest absolute Gasteiger partial charge is 0.494 e. The third kappa shape index (κ3) is 3.61. The fourth-order valence-electron chi connectivity index (χ4n) is 2.03. The Kier molecular flexibility index (Phi) is 5.93. The Morgan fingerprint density at radius 2 is 2.06 bits per heavy atom. The molecule has 0 aliphatic carbocycles. The number of aliphatic hydroxyl groups excluding tert-OH is 1. The summed E-state index contributed by atoms with van der Waals surface area (Å²) in [5.74, 6) is 0.853. The van der Waals surface area contributed by atoms with Crippen molar-refractivity contribution >= 4 is 11.6 Å². The Labute approximate surface area is 114 Å². The molecule has 3 nitrogen and oxygen atoms in total. The van der Waals surface area contributed by atoms with Gasteiger partial charge in [-0.05, 0) is 52.1 Å². The van der Waals surface area contributed by atoms with Gasteiger partial charge in [0.1, 0.15) is 5.75 Å². The molecule has 0 saturated carbocycles. The maximum Gasteiger partial charge on any atom is 0.124 e. The van der Waals surface area contributed by atoms with Crippen molar-refractivity contribution in [3.63, 3.8) is 0 Å². The van der Waals surface area contributed by atoms with Crippen molar-refractivity contribution in [2.24, 2.45) is 0 Å². The Morgan fingerprint density at radius 3 is 2.56 bits per heavy atom. The van der Waals surface area contributed by atoms with Gasteiger partial charge >= 0.3 is 0 Å². The third-order valence-corrected chi connectivity index (χ3v) is 3.38. The summed E-state index contributed by atoms with van der Waals surface area (Å²) in [6.45, 7) is 4.68. The lowest BCUT2D eigenvalue weighted by Crippen LogP contribution is -2.22. The summed E-state index contributed by atoms with van der Waals surface area (Å²) < 4.78 is 5.68. The SMILES string of the molecule is CCOc1cc(C)c(Cl)cc1C(CCO)N(C)C. The van der Waals surface area contributed by atoms with Crippen LogP contribution in [0.4, 0.5) is 0 Å². The van der Waals surface area contributed by atoms with Crippen molar-refractivity contribution in [1.82, 2.24) is 4.90 Å². The maximum absolute atomic E-state index is 9.19. The number of hydrogen-bond acceptors (Lipinski definition) is 3. The second-order valence-electron chi connectivity index (χ2n) is 4.56. The Morgan fingerprint density at radius 1 is 1.39 bits per heavy atom. The molecule has 4 heteroatoms. The Balaban J connectivity index is 3.21. The zero-order valence-electron chi connectivity index (χ0n) is 11.5. The highest BCUT2D eigenvalue weighted by atomic mass is 35.5. The second kappa shape index (κ2) is 6.98. The molecular formula is C14H22ClNO2. The maximum atomic E-state index is 9.19. The lowest BCUT2D eigenvalue weighted by Gasteiger charge is -2.26. The van der Waals surface area contributed by atoms with Crippen LogP contribution in [0.15, 0.2) is 12.1 Å². The van der Waals surface area contributed by atoms with E-state index in [0.29, 0.717) is 13.0 Å². The molecule has 102 valence electrons. The number of aliphatic hydroxyl groups is 1. The number of nitrogens with zero attached hydrogens (tertiary/aromatic N) is 1. The summed E-state index contributed by atoms with van der Waals surface area (Å²) in [6, 6.07) is 4.02. The van der Waals surface area contributed by atoms with Gasteiger partial charge in [0.05, 0.1) is 6.61 Å². The van der Waals surface area contributed by atoms with Gasteiger partial charge in [0, 0.05) is 23.2 Å². The van der Waals surface area contributed by atoms with E-state index < -0.39 is 0 Å². The van der Waals surface area contributed by atoms with Crippen LogP contribution in [0.5, 0.6) is 5.75 Å². The van der Waals surface area contributed by atoms with E-state index in [9.17, 15) is 5.11 Å². The normalized spacial score (nSPS) is 12.8. The predicted octanol–water partition coefficient (Wildman–Crippen LogP) is 3.03. The van der Waals surface area contributed by atoms with Crippen molar-refractivity contribution in [3.05, 3.63) is 28.3 Å². The van der Waals surface area contributed by atoms with Crippen LogP contribution in [0.3, 0.4) is 0 Å². The number of benzene rings is 1. The molecule has 0 spiro atoms. The third-order valence-electron chi connectivity index (χ3n) is 2.98. The van der Waals surface area contributed by atoms with Crippen LogP contribution >= 0.6 is 11.6 Å². The second-order valence-corrected chi connectivity index (χ2v) is 4.97. The lowest BCUT2D eigenvalue weighted by atomic mass is 10.00. The van der Waals surface area contributed by atoms with E-state index in [0.717, 1.165) is 21.9 Å². The average Bonchev–Trinajstić information content (AvgIpc) is 2.31. The van der Waals surface area contributed by atoms with Gasteiger partial charge in [0.15, 0.2) is 0 Å². The van der Waals surface area contributed by atoms with Gasteiger partial charge in [0.2, 0.25) is 0 Å². The van der Waals surface area contributed by atoms with Gasteiger partial charge in [-0.25, -0.2) is 0 Å². The molecule has 18 heavy (non-hydrogen) atoms. The van der Waals surface area contributed by atoms with Crippen molar-refractivity contribution < 1.29 is 9.84 Å². The number of ether oxygens (including phenoxy) is 1. The minimum absolute atomic E-state index is 0.106. The van der Waals surface area contributed by atoms with Gasteiger partial charge in [0.25, 0.3) is 0 Å². The van der Waals surface area contributed by atoms with Crippen LogP contribution in [0.1, 0.15) is 30.5 Å². The highest BCUT2D eigenvalue weighted by Gasteiger charge is 2.19. The average molecular weight is 272 g/mol. The zero-order chi connectivity index (χ0) is 13.7. The van der Waals surface area contributed by atoms with Crippen LogP contribution < -0.4 is 4.74 Å². The standard InChI is InChI=1S/C14H22ClNO2/c1-5-18-14-8-10(2)12(15)9-11(14)13(6-7-17)16(3)4/h8-9,13,17H,5-7H2,1-4H3. The molecule has 0 radical (unpaired) electrons. The Bertz CT molecular complexity index is 394. The summed E-state index contributed by atoms with van der Waals surface area (Å²) in [6.07, 6.45) is 0.659. The van der Waals surface area contributed by atoms with Crippen molar-refractivity contribution in [1.29, 1.82) is 0 Å².